The summed E-state index contributed by atoms with van der Waals surface area (Å²) in [5, 5.41) is 0.629. The second-order valence-corrected chi connectivity index (χ2v) is 4.71. The summed E-state index contributed by atoms with van der Waals surface area (Å²) in [6, 6.07) is 12.0. The third-order valence-electron chi connectivity index (χ3n) is 2.98. The van der Waals surface area contributed by atoms with Crippen LogP contribution in [0.4, 0.5) is 4.39 Å². The molecule has 0 aliphatic rings. The average molecular weight is 280 g/mol. The van der Waals surface area contributed by atoms with Gasteiger partial charge in [0.1, 0.15) is 0 Å². The maximum absolute atomic E-state index is 13.6. The van der Waals surface area contributed by atoms with Crippen LogP contribution in [0.25, 0.3) is 0 Å². The van der Waals surface area contributed by atoms with Gasteiger partial charge >= 0.3 is 0 Å². The molecule has 2 rings (SSSR count). The van der Waals surface area contributed by atoms with Crippen LogP contribution in [0.2, 0.25) is 5.02 Å². The zero-order valence-corrected chi connectivity index (χ0v) is 11.3. The van der Waals surface area contributed by atoms with Gasteiger partial charge < -0.3 is 10.5 Å². The van der Waals surface area contributed by atoms with Gasteiger partial charge in [-0.2, -0.15) is 0 Å². The van der Waals surface area contributed by atoms with Crippen molar-refractivity contribution < 1.29 is 9.13 Å². The lowest BCUT2D eigenvalue weighted by Crippen LogP contribution is -2.14. The molecule has 2 aromatic carbocycles. The summed E-state index contributed by atoms with van der Waals surface area (Å²) in [6.07, 6.45) is 0.518. The number of hydrogen-bond donors (Lipinski definition) is 1. The Bertz CT molecular complexity index is 574. The first-order valence-corrected chi connectivity index (χ1v) is 6.32. The maximum atomic E-state index is 13.6. The normalized spacial score (nSPS) is 12.2. The Balaban J connectivity index is 2.17. The molecule has 100 valence electrons. The van der Waals surface area contributed by atoms with Gasteiger partial charge in [0.05, 0.1) is 7.11 Å². The van der Waals surface area contributed by atoms with Crippen LogP contribution in [-0.4, -0.2) is 7.11 Å². The molecule has 2 aromatic rings. The Hall–Kier alpha value is -1.58. The quantitative estimate of drug-likeness (QED) is 0.925. The zero-order valence-electron chi connectivity index (χ0n) is 10.6. The number of nitrogens with two attached hydrogens (primary N) is 1. The molecule has 0 saturated heterocycles. The molecule has 1 atom stereocenters. The molecule has 0 aliphatic heterocycles. The minimum Gasteiger partial charge on any atom is -0.494 e. The molecule has 2 N–H and O–H groups in total. The van der Waals surface area contributed by atoms with E-state index in [2.05, 4.69) is 0 Å². The number of ether oxygens (including phenoxy) is 1. The summed E-state index contributed by atoms with van der Waals surface area (Å²) in [4.78, 5) is 0. The Morgan fingerprint density at radius 2 is 2.00 bits per heavy atom. The standard InChI is InChI=1S/C15H15ClFNO/c1-19-15-7-6-10(8-13(15)17)9-14(18)11-4-2-3-5-12(11)16/h2-8,14H,9,18H2,1H3. The predicted octanol–water partition coefficient (Wildman–Crippen LogP) is 3.73. The summed E-state index contributed by atoms with van der Waals surface area (Å²) in [5.74, 6) is -0.151. The molecule has 1 unspecified atom stereocenters. The fourth-order valence-electron chi connectivity index (χ4n) is 1.98. The molecule has 2 nitrogen and oxygen atoms in total. The van der Waals surface area contributed by atoms with Crippen molar-refractivity contribution >= 4 is 11.6 Å². The van der Waals surface area contributed by atoms with E-state index in [9.17, 15) is 4.39 Å². The lowest BCUT2D eigenvalue weighted by molar-refractivity contribution is 0.386. The van der Waals surface area contributed by atoms with Gasteiger partial charge in [-0.25, -0.2) is 4.39 Å². The van der Waals surface area contributed by atoms with Crippen molar-refractivity contribution in [1.29, 1.82) is 0 Å². The molecule has 0 aliphatic carbocycles. The first-order valence-electron chi connectivity index (χ1n) is 5.94. The topological polar surface area (TPSA) is 35.2 Å². The van der Waals surface area contributed by atoms with Gasteiger partial charge in [-0.3, -0.25) is 0 Å². The van der Waals surface area contributed by atoms with E-state index >= 15 is 0 Å². The highest BCUT2D eigenvalue weighted by molar-refractivity contribution is 6.31. The molecule has 4 heteroatoms. The number of halogens is 2. The Morgan fingerprint density at radius 1 is 1.26 bits per heavy atom. The zero-order chi connectivity index (χ0) is 13.8. The van der Waals surface area contributed by atoms with Gasteiger partial charge in [0.2, 0.25) is 0 Å². The monoisotopic (exact) mass is 279 g/mol. The molecule has 0 saturated carbocycles. The van der Waals surface area contributed by atoms with E-state index in [1.807, 2.05) is 18.2 Å². The van der Waals surface area contributed by atoms with E-state index in [0.717, 1.165) is 11.1 Å². The predicted molar refractivity (Wildman–Crippen MR) is 75.0 cm³/mol. The van der Waals surface area contributed by atoms with Crippen molar-refractivity contribution in [1.82, 2.24) is 0 Å². The van der Waals surface area contributed by atoms with Crippen molar-refractivity contribution in [3.8, 4) is 5.75 Å². The van der Waals surface area contributed by atoms with Gasteiger partial charge in [0.15, 0.2) is 11.6 Å². The average Bonchev–Trinajstić information content (AvgIpc) is 2.39. The van der Waals surface area contributed by atoms with Crippen LogP contribution >= 0.6 is 11.6 Å². The van der Waals surface area contributed by atoms with Gasteiger partial charge in [-0.1, -0.05) is 35.9 Å². The van der Waals surface area contributed by atoms with E-state index in [-0.39, 0.29) is 17.6 Å². The minimum atomic E-state index is -0.383. The third kappa shape index (κ3) is 3.25. The van der Waals surface area contributed by atoms with E-state index in [1.54, 1.807) is 18.2 Å². The number of benzene rings is 2. The van der Waals surface area contributed by atoms with Crippen LogP contribution in [0.3, 0.4) is 0 Å². The van der Waals surface area contributed by atoms with Crippen molar-refractivity contribution in [2.24, 2.45) is 5.73 Å². The molecular weight excluding hydrogens is 265 g/mol. The van der Waals surface area contributed by atoms with Crippen LogP contribution < -0.4 is 10.5 Å². The van der Waals surface area contributed by atoms with Crippen molar-refractivity contribution in [3.63, 3.8) is 0 Å². The molecule has 0 aromatic heterocycles. The Kier molecular flexibility index (Phi) is 4.40. The Labute approximate surface area is 117 Å². The fourth-order valence-corrected chi connectivity index (χ4v) is 2.25. The van der Waals surface area contributed by atoms with E-state index in [4.69, 9.17) is 22.1 Å². The summed E-state index contributed by atoms with van der Waals surface area (Å²) in [5.41, 5.74) is 7.78. The molecular formula is C15H15ClFNO. The molecule has 0 heterocycles. The van der Waals surface area contributed by atoms with E-state index in [1.165, 1.54) is 13.2 Å². The van der Waals surface area contributed by atoms with Crippen LogP contribution in [0, 0.1) is 5.82 Å². The maximum Gasteiger partial charge on any atom is 0.165 e. The summed E-state index contributed by atoms with van der Waals surface area (Å²) in [7, 11) is 1.44. The first kappa shape index (κ1) is 13.8. The van der Waals surface area contributed by atoms with Crippen LogP contribution in [0.15, 0.2) is 42.5 Å². The van der Waals surface area contributed by atoms with E-state index < -0.39 is 0 Å². The van der Waals surface area contributed by atoms with Gasteiger partial charge in [0, 0.05) is 11.1 Å². The van der Waals surface area contributed by atoms with Crippen LogP contribution in [0.5, 0.6) is 5.75 Å². The summed E-state index contributed by atoms with van der Waals surface area (Å²) < 4.78 is 18.5. The highest BCUT2D eigenvalue weighted by Gasteiger charge is 2.12. The molecule has 0 amide bonds. The molecule has 19 heavy (non-hydrogen) atoms. The third-order valence-corrected chi connectivity index (χ3v) is 3.32. The van der Waals surface area contributed by atoms with Gasteiger partial charge in [-0.05, 0) is 35.7 Å². The van der Waals surface area contributed by atoms with Crippen molar-refractivity contribution in [2.75, 3.05) is 7.11 Å². The van der Waals surface area contributed by atoms with Crippen LogP contribution in [-0.2, 0) is 6.42 Å². The van der Waals surface area contributed by atoms with Crippen LogP contribution in [0.1, 0.15) is 17.2 Å². The lowest BCUT2D eigenvalue weighted by atomic mass is 9.99. The van der Waals surface area contributed by atoms with Gasteiger partial charge in [0.25, 0.3) is 0 Å². The molecule has 0 bridgehead atoms. The first-order chi connectivity index (χ1) is 9.11. The fraction of sp³-hybridized carbons (Fsp3) is 0.200. The minimum absolute atomic E-state index is 0.232. The summed E-state index contributed by atoms with van der Waals surface area (Å²) in [6.45, 7) is 0. The second kappa shape index (κ2) is 6.04. The highest BCUT2D eigenvalue weighted by Crippen LogP contribution is 2.25. The number of hydrogen-bond acceptors (Lipinski definition) is 2. The summed E-state index contributed by atoms with van der Waals surface area (Å²) >= 11 is 6.09. The molecule has 0 spiro atoms. The highest BCUT2D eigenvalue weighted by atomic mass is 35.5. The van der Waals surface area contributed by atoms with Crippen molar-refractivity contribution in [3.05, 3.63) is 64.4 Å². The van der Waals surface area contributed by atoms with E-state index in [0.29, 0.717) is 11.4 Å². The number of methoxy groups -OCH3 is 1. The smallest absolute Gasteiger partial charge is 0.165 e. The molecule has 0 fully saturated rings. The largest absolute Gasteiger partial charge is 0.494 e. The molecule has 0 radical (unpaired) electrons. The van der Waals surface area contributed by atoms with Crippen molar-refractivity contribution in [2.45, 2.75) is 12.5 Å². The number of rotatable bonds is 4. The Morgan fingerprint density at radius 3 is 2.63 bits per heavy atom. The van der Waals surface area contributed by atoms with Gasteiger partial charge in [-0.15, -0.1) is 0 Å². The lowest BCUT2D eigenvalue weighted by Gasteiger charge is -2.14. The SMILES string of the molecule is COc1ccc(CC(N)c2ccccc2Cl)cc1F. The second-order valence-electron chi connectivity index (χ2n) is 4.30.